The maximum Gasteiger partial charge on any atom is 0.278 e. The fourth-order valence-corrected chi connectivity index (χ4v) is 2.78. The van der Waals surface area contributed by atoms with Gasteiger partial charge in [0.25, 0.3) is 5.91 Å². The van der Waals surface area contributed by atoms with Crippen molar-refractivity contribution in [3.8, 4) is 11.6 Å². The van der Waals surface area contributed by atoms with Crippen LogP contribution in [0.15, 0.2) is 35.4 Å². The maximum atomic E-state index is 11.9. The molecule has 1 aromatic heterocycles. The highest BCUT2D eigenvalue weighted by Gasteiger charge is 2.15. The Morgan fingerprint density at radius 1 is 1.30 bits per heavy atom. The van der Waals surface area contributed by atoms with Gasteiger partial charge in [-0.25, -0.2) is 10.4 Å². The summed E-state index contributed by atoms with van der Waals surface area (Å²) in [5.74, 6) is 0.677. The van der Waals surface area contributed by atoms with Gasteiger partial charge in [-0.1, -0.05) is 12.1 Å². The zero-order valence-electron chi connectivity index (χ0n) is 15.3. The largest absolute Gasteiger partial charge is 0.507 e. The summed E-state index contributed by atoms with van der Waals surface area (Å²) in [4.78, 5) is 22.9. The van der Waals surface area contributed by atoms with E-state index in [1.165, 1.54) is 12.6 Å². The lowest BCUT2D eigenvalue weighted by atomic mass is 10.1. The first-order valence-corrected chi connectivity index (χ1v) is 8.95. The van der Waals surface area contributed by atoms with Crippen LogP contribution in [0.25, 0.3) is 0 Å². The third kappa shape index (κ3) is 5.40. The van der Waals surface area contributed by atoms with E-state index in [2.05, 4.69) is 25.4 Å². The van der Waals surface area contributed by atoms with Crippen LogP contribution in [-0.4, -0.2) is 46.9 Å². The van der Waals surface area contributed by atoms with E-state index in [0.717, 1.165) is 31.6 Å². The number of hydrazone groups is 1. The molecule has 8 heteroatoms. The Hall–Kier alpha value is -3.16. The molecule has 1 amide bonds. The van der Waals surface area contributed by atoms with Crippen molar-refractivity contribution >= 4 is 18.1 Å². The fraction of sp³-hybridized carbons (Fsp3) is 0.368. The van der Waals surface area contributed by atoms with Crippen LogP contribution in [0.3, 0.4) is 0 Å². The van der Waals surface area contributed by atoms with E-state index < -0.39 is 5.91 Å². The minimum absolute atomic E-state index is 0.0912. The van der Waals surface area contributed by atoms with Crippen LogP contribution in [0, 0.1) is 6.92 Å². The standard InChI is InChI=1S/C19H23N5O3/c1-14-11-18(22-19(21-14)24-9-5-2-6-10-24)27-13-17(26)23-20-12-15-7-3-4-8-16(15)25/h3-4,7-8,11-12,25H,2,5-6,9-10,13H2,1H3,(H,23,26). The van der Waals surface area contributed by atoms with Crippen LogP contribution in [0.4, 0.5) is 5.95 Å². The number of hydrogen-bond donors (Lipinski definition) is 2. The minimum Gasteiger partial charge on any atom is -0.507 e. The van der Waals surface area contributed by atoms with Crippen molar-refractivity contribution < 1.29 is 14.6 Å². The predicted octanol–water partition coefficient (Wildman–Crippen LogP) is 2.01. The molecule has 1 fully saturated rings. The molecule has 1 aliphatic heterocycles. The lowest BCUT2D eigenvalue weighted by molar-refractivity contribution is -0.123. The van der Waals surface area contributed by atoms with E-state index in [0.29, 0.717) is 17.4 Å². The van der Waals surface area contributed by atoms with Crippen molar-refractivity contribution in [3.05, 3.63) is 41.6 Å². The van der Waals surface area contributed by atoms with Crippen molar-refractivity contribution in [2.45, 2.75) is 26.2 Å². The summed E-state index contributed by atoms with van der Waals surface area (Å²) < 4.78 is 5.49. The normalized spacial score (nSPS) is 14.3. The van der Waals surface area contributed by atoms with Crippen molar-refractivity contribution in [2.75, 3.05) is 24.6 Å². The lowest BCUT2D eigenvalue weighted by Crippen LogP contribution is -2.31. The van der Waals surface area contributed by atoms with E-state index in [9.17, 15) is 9.90 Å². The quantitative estimate of drug-likeness (QED) is 0.597. The Balaban J connectivity index is 1.54. The molecule has 27 heavy (non-hydrogen) atoms. The Morgan fingerprint density at radius 2 is 2.07 bits per heavy atom. The molecule has 1 aliphatic rings. The highest BCUT2D eigenvalue weighted by Crippen LogP contribution is 2.19. The van der Waals surface area contributed by atoms with Gasteiger partial charge in [-0.15, -0.1) is 0 Å². The first-order chi connectivity index (χ1) is 13.1. The second-order valence-corrected chi connectivity index (χ2v) is 6.34. The SMILES string of the molecule is Cc1cc(OCC(=O)NN=Cc2ccccc2O)nc(N2CCCCC2)n1. The van der Waals surface area contributed by atoms with E-state index in [1.54, 1.807) is 30.3 Å². The number of rotatable bonds is 6. The molecule has 0 aliphatic carbocycles. The number of anilines is 1. The van der Waals surface area contributed by atoms with Gasteiger partial charge in [0.1, 0.15) is 5.75 Å². The number of hydrogen-bond acceptors (Lipinski definition) is 7. The lowest BCUT2D eigenvalue weighted by Gasteiger charge is -2.26. The summed E-state index contributed by atoms with van der Waals surface area (Å²) in [6, 6.07) is 8.41. The van der Waals surface area contributed by atoms with Crippen molar-refractivity contribution in [2.24, 2.45) is 5.10 Å². The molecule has 1 saturated heterocycles. The number of para-hydroxylation sites is 1. The van der Waals surface area contributed by atoms with E-state index >= 15 is 0 Å². The number of aryl methyl sites for hydroxylation is 1. The van der Waals surface area contributed by atoms with Gasteiger partial charge in [-0.3, -0.25) is 4.79 Å². The zero-order valence-corrected chi connectivity index (χ0v) is 15.3. The summed E-state index contributed by atoms with van der Waals surface area (Å²) >= 11 is 0. The highest BCUT2D eigenvalue weighted by molar-refractivity contribution is 5.85. The van der Waals surface area contributed by atoms with Crippen LogP contribution >= 0.6 is 0 Å². The molecule has 0 saturated carbocycles. The number of piperidine rings is 1. The van der Waals surface area contributed by atoms with Crippen LogP contribution in [0.5, 0.6) is 11.6 Å². The number of phenolic OH excluding ortho intramolecular Hbond substituents is 1. The number of aromatic hydroxyl groups is 1. The first-order valence-electron chi connectivity index (χ1n) is 8.95. The molecule has 0 bridgehead atoms. The zero-order chi connectivity index (χ0) is 19.1. The average molecular weight is 369 g/mol. The first kappa shape index (κ1) is 18.6. The molecule has 0 radical (unpaired) electrons. The molecule has 2 aromatic rings. The van der Waals surface area contributed by atoms with Gasteiger partial charge in [0.2, 0.25) is 11.8 Å². The molecular weight excluding hydrogens is 346 g/mol. The van der Waals surface area contributed by atoms with Gasteiger partial charge < -0.3 is 14.7 Å². The molecular formula is C19H23N5O3. The summed E-state index contributed by atoms with van der Waals surface area (Å²) in [5, 5.41) is 13.5. The summed E-state index contributed by atoms with van der Waals surface area (Å²) in [6.07, 6.45) is 4.86. The molecule has 2 heterocycles. The van der Waals surface area contributed by atoms with Crippen LogP contribution in [0.1, 0.15) is 30.5 Å². The van der Waals surface area contributed by atoms with E-state index in [4.69, 9.17) is 4.74 Å². The van der Waals surface area contributed by atoms with Crippen LogP contribution < -0.4 is 15.1 Å². The van der Waals surface area contributed by atoms with Gasteiger partial charge in [0.05, 0.1) is 6.21 Å². The van der Waals surface area contributed by atoms with Crippen molar-refractivity contribution in [3.63, 3.8) is 0 Å². The summed E-state index contributed by atoms with van der Waals surface area (Å²) in [7, 11) is 0. The second-order valence-electron chi connectivity index (χ2n) is 6.34. The Kier molecular flexibility index (Phi) is 6.19. The molecule has 3 rings (SSSR count). The second kappa shape index (κ2) is 8.98. The van der Waals surface area contributed by atoms with Crippen molar-refractivity contribution in [1.29, 1.82) is 0 Å². The fourth-order valence-electron chi connectivity index (χ4n) is 2.78. The van der Waals surface area contributed by atoms with E-state index in [1.807, 2.05) is 6.92 Å². The molecule has 1 aromatic carbocycles. The van der Waals surface area contributed by atoms with Gasteiger partial charge >= 0.3 is 0 Å². The molecule has 0 unspecified atom stereocenters. The highest BCUT2D eigenvalue weighted by atomic mass is 16.5. The number of carbonyl (C=O) groups excluding carboxylic acids is 1. The molecule has 142 valence electrons. The minimum atomic E-state index is -0.419. The number of carbonyl (C=O) groups is 1. The molecule has 0 atom stereocenters. The molecule has 8 nitrogen and oxygen atoms in total. The average Bonchev–Trinajstić information content (AvgIpc) is 2.68. The van der Waals surface area contributed by atoms with Crippen LogP contribution in [0.2, 0.25) is 0 Å². The Morgan fingerprint density at radius 3 is 2.85 bits per heavy atom. The number of benzene rings is 1. The number of phenols is 1. The molecule has 2 N–H and O–H groups in total. The van der Waals surface area contributed by atoms with Gasteiger partial charge in [-0.05, 0) is 38.3 Å². The maximum absolute atomic E-state index is 11.9. The Bertz CT molecular complexity index is 819. The number of nitrogens with one attached hydrogen (secondary N) is 1. The molecule has 0 spiro atoms. The number of nitrogens with zero attached hydrogens (tertiary/aromatic N) is 4. The number of aromatic nitrogens is 2. The third-order valence-corrected chi connectivity index (χ3v) is 4.14. The summed E-state index contributed by atoms with van der Waals surface area (Å²) in [6.45, 7) is 3.53. The van der Waals surface area contributed by atoms with Crippen molar-refractivity contribution in [1.82, 2.24) is 15.4 Å². The third-order valence-electron chi connectivity index (χ3n) is 4.14. The van der Waals surface area contributed by atoms with Gasteiger partial charge in [0, 0.05) is 30.4 Å². The summed E-state index contributed by atoms with van der Waals surface area (Å²) in [5.41, 5.74) is 3.66. The number of amides is 1. The van der Waals surface area contributed by atoms with Gasteiger partial charge in [-0.2, -0.15) is 10.1 Å². The Labute approximate surface area is 157 Å². The predicted molar refractivity (Wildman–Crippen MR) is 102 cm³/mol. The van der Waals surface area contributed by atoms with Crippen LogP contribution in [-0.2, 0) is 4.79 Å². The topological polar surface area (TPSA) is 99.9 Å². The van der Waals surface area contributed by atoms with Gasteiger partial charge in [0.15, 0.2) is 6.61 Å². The van der Waals surface area contributed by atoms with E-state index in [-0.39, 0.29) is 12.4 Å². The number of ether oxygens (including phenoxy) is 1. The smallest absolute Gasteiger partial charge is 0.278 e. The monoisotopic (exact) mass is 369 g/mol.